The highest BCUT2D eigenvalue weighted by Crippen LogP contribution is 2.23. The second kappa shape index (κ2) is 3.15. The first-order valence-electron chi connectivity index (χ1n) is 5.38. The Kier molecular flexibility index (Phi) is 1.88. The van der Waals surface area contributed by atoms with Crippen molar-refractivity contribution in [3.05, 3.63) is 17.5 Å². The van der Waals surface area contributed by atoms with Gasteiger partial charge in [0.25, 0.3) is 5.78 Å². The third-order valence-corrected chi connectivity index (χ3v) is 3.03. The van der Waals surface area contributed by atoms with Crippen molar-refractivity contribution in [2.24, 2.45) is 0 Å². The zero-order valence-electron chi connectivity index (χ0n) is 9.38. The van der Waals surface area contributed by atoms with Gasteiger partial charge in [0.1, 0.15) is 0 Å². The van der Waals surface area contributed by atoms with Crippen molar-refractivity contribution in [1.82, 2.24) is 24.5 Å². The number of anilines is 1. The Morgan fingerprint density at radius 1 is 1.38 bits per heavy atom. The molecule has 16 heavy (non-hydrogen) atoms. The Bertz CT molecular complexity index is 543. The van der Waals surface area contributed by atoms with Crippen molar-refractivity contribution < 1.29 is 0 Å². The smallest absolute Gasteiger partial charge is 0.254 e. The predicted molar refractivity (Wildman–Crippen MR) is 59.6 cm³/mol. The molecule has 0 spiro atoms. The van der Waals surface area contributed by atoms with Gasteiger partial charge in [-0.3, -0.25) is 4.90 Å². The fourth-order valence-electron chi connectivity index (χ4n) is 2.06. The van der Waals surface area contributed by atoms with E-state index in [9.17, 15) is 0 Å². The zero-order valence-corrected chi connectivity index (χ0v) is 9.38. The minimum absolute atomic E-state index is 0.281. The molecule has 0 aliphatic carbocycles. The lowest BCUT2D eigenvalue weighted by molar-refractivity contribution is 0.225. The first-order chi connectivity index (χ1) is 7.65. The second-order valence-electron chi connectivity index (χ2n) is 4.41. The van der Waals surface area contributed by atoms with Crippen LogP contribution in [0.3, 0.4) is 0 Å². The lowest BCUT2D eigenvalue weighted by Crippen LogP contribution is -2.24. The fraction of sp³-hybridized carbons (Fsp3) is 0.500. The Balaban J connectivity index is 2.13. The first-order valence-corrected chi connectivity index (χ1v) is 5.38. The van der Waals surface area contributed by atoms with Gasteiger partial charge in [-0.05, 0) is 13.8 Å². The number of nitrogen functional groups attached to an aromatic ring is 1. The Hall–Kier alpha value is -1.69. The monoisotopic (exact) mass is 218 g/mol. The molecule has 0 atom stereocenters. The maximum atomic E-state index is 5.58. The quantitative estimate of drug-likeness (QED) is 0.751. The maximum absolute atomic E-state index is 5.58. The van der Waals surface area contributed by atoms with Crippen LogP contribution in [0.15, 0.2) is 6.20 Å². The molecule has 0 saturated heterocycles. The molecule has 0 radical (unpaired) electrons. The van der Waals surface area contributed by atoms with Crippen LogP contribution in [0.1, 0.15) is 25.1 Å². The third kappa shape index (κ3) is 1.26. The summed E-state index contributed by atoms with van der Waals surface area (Å²) in [5.41, 5.74) is 7.95. The van der Waals surface area contributed by atoms with E-state index < -0.39 is 0 Å². The van der Waals surface area contributed by atoms with Gasteiger partial charge in [-0.1, -0.05) is 0 Å². The van der Waals surface area contributed by atoms with E-state index in [1.165, 1.54) is 5.56 Å². The number of hydrogen-bond acceptors (Lipinski definition) is 5. The molecule has 3 rings (SSSR count). The molecule has 6 heteroatoms. The Morgan fingerprint density at radius 2 is 2.19 bits per heavy atom. The number of aromatic nitrogens is 4. The summed E-state index contributed by atoms with van der Waals surface area (Å²) in [7, 11) is 0. The molecule has 84 valence electrons. The standard InChI is InChI=1S/C10H14N6/c1-6(2)15-4-7-3-12-10-13-9(11)14-16(10)8(7)5-15/h3,6H,4-5H2,1-2H3,(H2,11,14). The third-order valence-electron chi connectivity index (χ3n) is 3.03. The van der Waals surface area contributed by atoms with Crippen LogP contribution in [0.4, 0.5) is 5.95 Å². The van der Waals surface area contributed by atoms with Crippen molar-refractivity contribution in [1.29, 1.82) is 0 Å². The van der Waals surface area contributed by atoms with Crippen molar-refractivity contribution in [2.75, 3.05) is 5.73 Å². The Morgan fingerprint density at radius 3 is 2.94 bits per heavy atom. The highest BCUT2D eigenvalue weighted by Gasteiger charge is 2.24. The van der Waals surface area contributed by atoms with Gasteiger partial charge >= 0.3 is 0 Å². The van der Waals surface area contributed by atoms with Gasteiger partial charge in [-0.2, -0.15) is 9.50 Å². The molecule has 0 saturated carbocycles. The van der Waals surface area contributed by atoms with Crippen molar-refractivity contribution in [3.63, 3.8) is 0 Å². The minimum Gasteiger partial charge on any atom is -0.366 e. The SMILES string of the molecule is CC(C)N1Cc2cnc3nc(N)nn3c2C1. The highest BCUT2D eigenvalue weighted by atomic mass is 15.4. The van der Waals surface area contributed by atoms with Crippen LogP contribution in [0, 0.1) is 0 Å². The predicted octanol–water partition coefficient (Wildman–Crippen LogP) is 0.430. The van der Waals surface area contributed by atoms with Crippen LogP contribution in [-0.4, -0.2) is 30.5 Å². The summed E-state index contributed by atoms with van der Waals surface area (Å²) in [6.45, 7) is 6.18. The van der Waals surface area contributed by atoms with Gasteiger partial charge in [0.2, 0.25) is 5.95 Å². The topological polar surface area (TPSA) is 72.3 Å². The van der Waals surface area contributed by atoms with Crippen molar-refractivity contribution in [2.45, 2.75) is 33.0 Å². The summed E-state index contributed by atoms with van der Waals surface area (Å²) in [5.74, 6) is 0.866. The van der Waals surface area contributed by atoms with E-state index in [0.717, 1.165) is 18.8 Å². The molecule has 0 unspecified atom stereocenters. The molecule has 2 aromatic heterocycles. The van der Waals surface area contributed by atoms with E-state index >= 15 is 0 Å². The summed E-state index contributed by atoms with van der Waals surface area (Å²) in [5, 5.41) is 4.17. The summed E-state index contributed by atoms with van der Waals surface area (Å²) >= 11 is 0. The zero-order chi connectivity index (χ0) is 11.3. The van der Waals surface area contributed by atoms with Crippen LogP contribution in [0.2, 0.25) is 0 Å². The number of nitrogens with two attached hydrogens (primary N) is 1. The molecule has 0 bridgehead atoms. The first kappa shape index (κ1) is 9.53. The second-order valence-corrected chi connectivity index (χ2v) is 4.41. The summed E-state index contributed by atoms with van der Waals surface area (Å²) in [6, 6.07) is 0.517. The van der Waals surface area contributed by atoms with Gasteiger partial charge in [-0.25, -0.2) is 4.98 Å². The van der Waals surface area contributed by atoms with E-state index in [4.69, 9.17) is 5.73 Å². The number of nitrogens with zero attached hydrogens (tertiary/aromatic N) is 5. The van der Waals surface area contributed by atoms with Gasteiger partial charge in [0.15, 0.2) is 0 Å². The summed E-state index contributed by atoms with van der Waals surface area (Å²) in [6.07, 6.45) is 1.88. The normalized spacial score (nSPS) is 16.2. The van der Waals surface area contributed by atoms with Gasteiger partial charge in [-0.15, -0.1) is 5.10 Å². The number of rotatable bonds is 1. The van der Waals surface area contributed by atoms with Crippen LogP contribution in [0.25, 0.3) is 5.78 Å². The number of hydrogen-bond donors (Lipinski definition) is 1. The van der Waals surface area contributed by atoms with Gasteiger partial charge < -0.3 is 5.73 Å². The average molecular weight is 218 g/mol. The summed E-state index contributed by atoms with van der Waals surface area (Å²) in [4.78, 5) is 10.7. The molecule has 2 aromatic rings. The van der Waals surface area contributed by atoms with E-state index in [0.29, 0.717) is 11.8 Å². The molecule has 0 fully saturated rings. The minimum atomic E-state index is 0.281. The average Bonchev–Trinajstić information content (AvgIpc) is 2.77. The highest BCUT2D eigenvalue weighted by molar-refractivity contribution is 5.38. The van der Waals surface area contributed by atoms with Crippen LogP contribution >= 0.6 is 0 Å². The van der Waals surface area contributed by atoms with Crippen LogP contribution < -0.4 is 5.73 Å². The molecule has 6 nitrogen and oxygen atoms in total. The van der Waals surface area contributed by atoms with Crippen molar-refractivity contribution in [3.8, 4) is 0 Å². The Labute approximate surface area is 93.1 Å². The van der Waals surface area contributed by atoms with Gasteiger partial charge in [0, 0.05) is 30.9 Å². The van der Waals surface area contributed by atoms with E-state index in [1.54, 1.807) is 4.52 Å². The fourth-order valence-corrected chi connectivity index (χ4v) is 2.06. The molecule has 3 heterocycles. The number of fused-ring (bicyclic) bond motifs is 3. The molecule has 0 aromatic carbocycles. The lowest BCUT2D eigenvalue weighted by Gasteiger charge is -2.18. The molecule has 1 aliphatic rings. The van der Waals surface area contributed by atoms with E-state index in [-0.39, 0.29) is 5.95 Å². The largest absolute Gasteiger partial charge is 0.366 e. The molecule has 1 aliphatic heterocycles. The molecular formula is C10H14N6. The van der Waals surface area contributed by atoms with E-state index in [2.05, 4.69) is 33.8 Å². The lowest BCUT2D eigenvalue weighted by atomic mass is 10.3. The summed E-state index contributed by atoms with van der Waals surface area (Å²) < 4.78 is 1.76. The molecule has 2 N–H and O–H groups in total. The molecule has 0 amide bonds. The maximum Gasteiger partial charge on any atom is 0.254 e. The molecular weight excluding hydrogens is 204 g/mol. The van der Waals surface area contributed by atoms with Crippen LogP contribution in [0.5, 0.6) is 0 Å². The van der Waals surface area contributed by atoms with E-state index in [1.807, 2.05) is 6.20 Å². The van der Waals surface area contributed by atoms with Crippen LogP contribution in [-0.2, 0) is 13.1 Å². The van der Waals surface area contributed by atoms with Gasteiger partial charge in [0.05, 0.1) is 5.69 Å². The van der Waals surface area contributed by atoms with Crippen molar-refractivity contribution >= 4 is 11.7 Å².